The highest BCUT2D eigenvalue weighted by Crippen LogP contribution is 1.78. The van der Waals surface area contributed by atoms with Crippen LogP contribution in [-0.4, -0.2) is 5.78 Å². The van der Waals surface area contributed by atoms with Gasteiger partial charge in [-0.25, -0.2) is 0 Å². The molecule has 68 valence electrons. The van der Waals surface area contributed by atoms with Crippen LogP contribution in [0.25, 0.3) is 0 Å². The van der Waals surface area contributed by atoms with Crippen LogP contribution in [0, 0.1) is 0 Å². The quantitative estimate of drug-likeness (QED) is 0.561. The van der Waals surface area contributed by atoms with Crippen LogP contribution in [0.1, 0.15) is 48.0 Å². The average Bonchev–Trinajstić information content (AvgIpc) is 2.08. The molecule has 0 N–H and O–H groups in total. The van der Waals surface area contributed by atoms with E-state index in [0.717, 1.165) is 6.42 Å². The molecule has 0 atom stereocenters. The molecule has 0 aliphatic carbocycles. The van der Waals surface area contributed by atoms with Crippen LogP contribution >= 0.6 is 0 Å². The molecule has 0 amide bonds. The van der Waals surface area contributed by atoms with Gasteiger partial charge in [0.15, 0.2) is 5.78 Å². The van der Waals surface area contributed by atoms with Crippen LogP contribution in [0.3, 0.4) is 0 Å². The molecule has 0 fully saturated rings. The molecule has 0 saturated heterocycles. The molecule has 0 aromatic rings. The second kappa shape index (κ2) is 22.7. The number of allylic oxidation sites excluding steroid dienone is 2. The average molecular weight is 158 g/mol. The van der Waals surface area contributed by atoms with Gasteiger partial charge in [0.05, 0.1) is 0 Å². The van der Waals surface area contributed by atoms with Crippen molar-refractivity contribution in [2.75, 3.05) is 0 Å². The van der Waals surface area contributed by atoms with E-state index < -0.39 is 0 Å². The van der Waals surface area contributed by atoms with Gasteiger partial charge in [-0.1, -0.05) is 40.7 Å². The Morgan fingerprint density at radius 2 is 1.55 bits per heavy atom. The minimum absolute atomic E-state index is 0.127. The second-order valence-electron chi connectivity index (χ2n) is 1.42. The first-order chi connectivity index (χ1) is 5.27. The first-order valence-electron chi connectivity index (χ1n) is 4.44. The largest absolute Gasteiger partial charge is 0.295 e. The van der Waals surface area contributed by atoms with Crippen molar-refractivity contribution < 1.29 is 4.79 Å². The van der Waals surface area contributed by atoms with Crippen LogP contribution in [0.15, 0.2) is 12.2 Å². The minimum Gasteiger partial charge on any atom is -0.295 e. The van der Waals surface area contributed by atoms with Gasteiger partial charge in [0.25, 0.3) is 0 Å². The third kappa shape index (κ3) is 44.4. The Balaban J connectivity index is -0.000000138. The highest BCUT2D eigenvalue weighted by Gasteiger charge is 1.75. The predicted molar refractivity (Wildman–Crippen MR) is 52.8 cm³/mol. The van der Waals surface area contributed by atoms with Crippen LogP contribution in [0.4, 0.5) is 0 Å². The van der Waals surface area contributed by atoms with Crippen molar-refractivity contribution >= 4 is 5.78 Å². The molecule has 0 rings (SSSR count). The Bertz CT molecular complexity index is 82.9. The third-order valence-electron chi connectivity index (χ3n) is 0.588. The Morgan fingerprint density at radius 1 is 1.18 bits per heavy atom. The minimum atomic E-state index is 0.127. The molecule has 1 heteroatoms. The summed E-state index contributed by atoms with van der Waals surface area (Å²) < 4.78 is 0. The molecule has 0 aromatic heterocycles. The molecule has 0 unspecified atom stereocenters. The highest BCUT2D eigenvalue weighted by molar-refractivity contribution is 5.87. The molecule has 11 heavy (non-hydrogen) atoms. The fourth-order valence-electron chi connectivity index (χ4n) is 0.284. The maximum absolute atomic E-state index is 10.1. The summed E-state index contributed by atoms with van der Waals surface area (Å²) in [4.78, 5) is 10.1. The Kier molecular flexibility index (Phi) is 34.7. The van der Waals surface area contributed by atoms with Crippen LogP contribution < -0.4 is 0 Å². The number of carbonyl (C=O) groups excluding carboxylic acids is 1. The maximum Gasteiger partial charge on any atom is 0.152 e. The van der Waals surface area contributed by atoms with Crippen molar-refractivity contribution in [3.8, 4) is 0 Å². The molecule has 0 aliphatic rings. The van der Waals surface area contributed by atoms with Crippen molar-refractivity contribution in [2.45, 2.75) is 48.0 Å². The molecular formula is C10H22O. The smallest absolute Gasteiger partial charge is 0.152 e. The van der Waals surface area contributed by atoms with Crippen molar-refractivity contribution in [2.24, 2.45) is 0 Å². The zero-order valence-corrected chi connectivity index (χ0v) is 8.77. The summed E-state index contributed by atoms with van der Waals surface area (Å²) in [5.74, 6) is 0.127. The molecule has 1 nitrogen and oxygen atoms in total. The zero-order valence-electron chi connectivity index (χ0n) is 8.77. The predicted octanol–water partition coefficient (Wildman–Crippen LogP) is 3.59. The third-order valence-corrected chi connectivity index (χ3v) is 0.588. The fourth-order valence-corrected chi connectivity index (χ4v) is 0.284. The van der Waals surface area contributed by atoms with Gasteiger partial charge in [0.1, 0.15) is 0 Å². The number of carbonyl (C=O) groups is 1. The molecule has 0 saturated carbocycles. The monoisotopic (exact) mass is 158 g/mol. The van der Waals surface area contributed by atoms with Gasteiger partial charge < -0.3 is 0 Å². The van der Waals surface area contributed by atoms with E-state index >= 15 is 0 Å². The van der Waals surface area contributed by atoms with Crippen molar-refractivity contribution in [1.29, 1.82) is 0 Å². The topological polar surface area (TPSA) is 17.1 Å². The number of hydrogen-bond donors (Lipinski definition) is 0. The Morgan fingerprint density at radius 3 is 1.64 bits per heavy atom. The summed E-state index contributed by atoms with van der Waals surface area (Å²) in [6, 6.07) is 0. The van der Waals surface area contributed by atoms with E-state index in [0.29, 0.717) is 0 Å². The lowest BCUT2D eigenvalue weighted by Crippen LogP contribution is -1.77. The first-order valence-corrected chi connectivity index (χ1v) is 4.44. The Hall–Kier alpha value is -0.590. The van der Waals surface area contributed by atoms with Gasteiger partial charge in [-0.2, -0.15) is 0 Å². The van der Waals surface area contributed by atoms with Crippen LogP contribution in [-0.2, 0) is 4.79 Å². The van der Waals surface area contributed by atoms with Gasteiger partial charge >= 0.3 is 0 Å². The summed E-state index contributed by atoms with van der Waals surface area (Å²) in [6.45, 7) is 11.5. The molecule has 0 bridgehead atoms. The lowest BCUT2D eigenvalue weighted by Gasteiger charge is -1.73. The Labute approximate surface area is 71.5 Å². The molecule has 0 aromatic carbocycles. The number of rotatable bonds is 2. The second-order valence-corrected chi connectivity index (χ2v) is 1.42. The molecule has 0 radical (unpaired) electrons. The van der Waals surface area contributed by atoms with Crippen LogP contribution in [0.2, 0.25) is 0 Å². The van der Waals surface area contributed by atoms with E-state index in [9.17, 15) is 4.79 Å². The summed E-state index contributed by atoms with van der Waals surface area (Å²) in [6.07, 6.45) is 4.38. The van der Waals surface area contributed by atoms with E-state index in [-0.39, 0.29) is 5.78 Å². The zero-order chi connectivity index (χ0) is 9.70. The van der Waals surface area contributed by atoms with Crippen molar-refractivity contribution in [3.63, 3.8) is 0 Å². The highest BCUT2D eigenvalue weighted by atomic mass is 16.1. The first kappa shape index (κ1) is 16.8. The SMILES string of the molecule is CC.CC.CC/C=C\C(C)=O. The summed E-state index contributed by atoms with van der Waals surface area (Å²) in [5, 5.41) is 0. The molecular weight excluding hydrogens is 136 g/mol. The fraction of sp³-hybridized carbons (Fsp3) is 0.700. The van der Waals surface area contributed by atoms with Crippen LogP contribution in [0.5, 0.6) is 0 Å². The van der Waals surface area contributed by atoms with Gasteiger partial charge in [-0.15, -0.1) is 0 Å². The van der Waals surface area contributed by atoms with E-state index in [1.807, 2.05) is 40.7 Å². The van der Waals surface area contributed by atoms with Crippen molar-refractivity contribution in [1.82, 2.24) is 0 Å². The summed E-state index contributed by atoms with van der Waals surface area (Å²) >= 11 is 0. The standard InChI is InChI=1S/C6H10O.2C2H6/c1-3-4-5-6(2)7;2*1-2/h4-5H,3H2,1-2H3;2*1-2H3/b5-4-;;. The van der Waals surface area contributed by atoms with E-state index in [4.69, 9.17) is 0 Å². The molecule has 0 spiro atoms. The van der Waals surface area contributed by atoms with Gasteiger partial charge in [-0.3, -0.25) is 4.79 Å². The lowest BCUT2D eigenvalue weighted by atomic mass is 10.3. The van der Waals surface area contributed by atoms with Gasteiger partial charge in [0, 0.05) is 0 Å². The number of hydrogen-bond acceptors (Lipinski definition) is 1. The molecule has 0 heterocycles. The lowest BCUT2D eigenvalue weighted by molar-refractivity contribution is -0.112. The van der Waals surface area contributed by atoms with E-state index in [2.05, 4.69) is 0 Å². The van der Waals surface area contributed by atoms with Crippen molar-refractivity contribution in [3.05, 3.63) is 12.2 Å². The maximum atomic E-state index is 10.1. The number of ketones is 1. The van der Waals surface area contributed by atoms with E-state index in [1.165, 1.54) is 0 Å². The van der Waals surface area contributed by atoms with Gasteiger partial charge in [-0.05, 0) is 19.4 Å². The molecule has 0 aliphatic heterocycles. The normalized spacial score (nSPS) is 7.45. The summed E-state index contributed by atoms with van der Waals surface area (Å²) in [7, 11) is 0. The van der Waals surface area contributed by atoms with Gasteiger partial charge in [0.2, 0.25) is 0 Å². The summed E-state index contributed by atoms with van der Waals surface area (Å²) in [5.41, 5.74) is 0. The van der Waals surface area contributed by atoms with E-state index in [1.54, 1.807) is 13.0 Å².